The van der Waals surface area contributed by atoms with Crippen molar-refractivity contribution >= 4 is 5.97 Å². The second kappa shape index (κ2) is 7.36. The van der Waals surface area contributed by atoms with Crippen LogP contribution in [0.1, 0.15) is 12.5 Å². The van der Waals surface area contributed by atoms with Gasteiger partial charge in [-0.15, -0.1) is 0 Å². The third-order valence-electron chi connectivity index (χ3n) is 4.09. The zero-order chi connectivity index (χ0) is 17.7. The van der Waals surface area contributed by atoms with Gasteiger partial charge in [0.2, 0.25) is 0 Å². The normalized spacial score (nSPS) is 13.3. The minimum Gasteiger partial charge on any atom is -0.507 e. The first-order chi connectivity index (χ1) is 11.4. The van der Waals surface area contributed by atoms with Crippen LogP contribution < -0.4 is 5.32 Å². The van der Waals surface area contributed by atoms with E-state index in [4.69, 9.17) is 4.74 Å². The number of phenols is 2. The summed E-state index contributed by atoms with van der Waals surface area (Å²) >= 11 is 0. The van der Waals surface area contributed by atoms with Crippen LogP contribution in [0.2, 0.25) is 0 Å². The van der Waals surface area contributed by atoms with E-state index < -0.39 is 5.41 Å². The van der Waals surface area contributed by atoms with E-state index in [0.29, 0.717) is 24.1 Å². The highest BCUT2D eigenvalue weighted by atomic mass is 16.5. The van der Waals surface area contributed by atoms with Crippen LogP contribution in [0.25, 0.3) is 11.1 Å². The van der Waals surface area contributed by atoms with E-state index in [1.165, 1.54) is 7.11 Å². The number of ether oxygens (including phenoxy) is 1. The first-order valence-corrected chi connectivity index (χ1v) is 7.74. The number of methoxy groups -OCH3 is 1. The molecule has 0 amide bonds. The first kappa shape index (κ1) is 17.8. The van der Waals surface area contributed by atoms with Crippen LogP contribution in [-0.4, -0.2) is 36.9 Å². The summed E-state index contributed by atoms with van der Waals surface area (Å²) in [4.78, 5) is 12.2. The van der Waals surface area contributed by atoms with Gasteiger partial charge < -0.3 is 20.3 Å². The highest BCUT2D eigenvalue weighted by Gasteiger charge is 2.34. The molecular weight excluding hydrogens is 306 g/mol. The smallest absolute Gasteiger partial charge is 0.313 e. The Hall–Kier alpha value is -2.53. The zero-order valence-corrected chi connectivity index (χ0v) is 14.2. The van der Waals surface area contributed by atoms with Gasteiger partial charge in [-0.1, -0.05) is 24.3 Å². The van der Waals surface area contributed by atoms with Crippen molar-refractivity contribution in [3.8, 4) is 22.6 Å². The molecule has 2 aromatic rings. The van der Waals surface area contributed by atoms with Crippen molar-refractivity contribution in [1.29, 1.82) is 0 Å². The van der Waals surface area contributed by atoms with Crippen LogP contribution >= 0.6 is 0 Å². The Morgan fingerprint density at radius 2 is 1.79 bits per heavy atom. The average molecular weight is 329 g/mol. The number of para-hydroxylation sites is 1. The number of aromatic hydroxyl groups is 2. The number of hydrogen-bond acceptors (Lipinski definition) is 5. The van der Waals surface area contributed by atoms with Crippen LogP contribution in [0.15, 0.2) is 42.5 Å². The maximum Gasteiger partial charge on any atom is 0.313 e. The molecule has 0 heterocycles. The average Bonchev–Trinajstić information content (AvgIpc) is 2.56. The molecule has 3 N–H and O–H groups in total. The highest BCUT2D eigenvalue weighted by Crippen LogP contribution is 2.36. The lowest BCUT2D eigenvalue weighted by molar-refractivity contribution is -0.151. The molecule has 0 aliphatic heterocycles. The molecule has 24 heavy (non-hydrogen) atoms. The number of phenolic OH excluding ortho intramolecular Hbond substituents is 2. The second-order valence-electron chi connectivity index (χ2n) is 6.13. The largest absolute Gasteiger partial charge is 0.507 e. The van der Waals surface area contributed by atoms with Gasteiger partial charge in [-0.05, 0) is 44.2 Å². The van der Waals surface area contributed by atoms with E-state index in [0.717, 1.165) is 5.56 Å². The number of carbonyl (C=O) groups is 1. The van der Waals surface area contributed by atoms with Crippen molar-refractivity contribution < 1.29 is 19.7 Å². The van der Waals surface area contributed by atoms with Gasteiger partial charge in [-0.2, -0.15) is 0 Å². The molecule has 0 aliphatic carbocycles. The van der Waals surface area contributed by atoms with Gasteiger partial charge in [0.15, 0.2) is 0 Å². The predicted octanol–water partition coefficient (Wildman–Crippen LogP) is 2.71. The van der Waals surface area contributed by atoms with Crippen LogP contribution in [0.5, 0.6) is 11.5 Å². The van der Waals surface area contributed by atoms with E-state index in [1.807, 2.05) is 6.92 Å². The molecule has 0 fully saturated rings. The lowest BCUT2D eigenvalue weighted by atomic mass is 9.82. The highest BCUT2D eigenvalue weighted by molar-refractivity contribution is 5.78. The first-order valence-electron chi connectivity index (χ1n) is 7.74. The molecule has 5 heteroatoms. The number of hydrogen-bond donors (Lipinski definition) is 3. The summed E-state index contributed by atoms with van der Waals surface area (Å²) < 4.78 is 4.93. The molecule has 0 radical (unpaired) electrons. The second-order valence-corrected chi connectivity index (χ2v) is 6.13. The molecule has 0 aliphatic rings. The molecule has 5 nitrogen and oxygen atoms in total. The van der Waals surface area contributed by atoms with Crippen molar-refractivity contribution in [2.45, 2.75) is 13.3 Å². The van der Waals surface area contributed by atoms with Gasteiger partial charge in [-0.25, -0.2) is 0 Å². The minimum absolute atomic E-state index is 0.0774. The van der Waals surface area contributed by atoms with Crippen molar-refractivity contribution in [3.63, 3.8) is 0 Å². The van der Waals surface area contributed by atoms with E-state index in [1.54, 1.807) is 49.5 Å². The molecule has 1 atom stereocenters. The van der Waals surface area contributed by atoms with Crippen molar-refractivity contribution in [3.05, 3.63) is 48.0 Å². The lowest BCUT2D eigenvalue weighted by Crippen LogP contribution is -2.40. The lowest BCUT2D eigenvalue weighted by Gasteiger charge is -2.26. The third kappa shape index (κ3) is 3.68. The van der Waals surface area contributed by atoms with Crippen molar-refractivity contribution in [2.24, 2.45) is 5.41 Å². The van der Waals surface area contributed by atoms with Crippen LogP contribution in [0.4, 0.5) is 0 Å². The van der Waals surface area contributed by atoms with Crippen LogP contribution in [0, 0.1) is 5.41 Å². The molecule has 0 bridgehead atoms. The van der Waals surface area contributed by atoms with Gasteiger partial charge in [0, 0.05) is 17.7 Å². The summed E-state index contributed by atoms with van der Waals surface area (Å²) in [6, 6.07) is 12.0. The number of esters is 1. The minimum atomic E-state index is -0.726. The quantitative estimate of drug-likeness (QED) is 0.710. The van der Waals surface area contributed by atoms with E-state index >= 15 is 0 Å². The van der Waals surface area contributed by atoms with E-state index in [9.17, 15) is 15.0 Å². The Morgan fingerprint density at radius 3 is 2.42 bits per heavy atom. The zero-order valence-electron chi connectivity index (χ0n) is 14.2. The monoisotopic (exact) mass is 329 g/mol. The maximum absolute atomic E-state index is 12.2. The van der Waals surface area contributed by atoms with Gasteiger partial charge in [0.05, 0.1) is 12.5 Å². The van der Waals surface area contributed by atoms with E-state index in [2.05, 4.69) is 5.32 Å². The fraction of sp³-hybridized carbons (Fsp3) is 0.316. The molecule has 0 spiro atoms. The van der Waals surface area contributed by atoms with Crippen LogP contribution in [-0.2, 0) is 16.0 Å². The molecule has 0 saturated heterocycles. The van der Waals surface area contributed by atoms with Gasteiger partial charge >= 0.3 is 5.97 Å². The van der Waals surface area contributed by atoms with Crippen molar-refractivity contribution in [1.82, 2.24) is 5.32 Å². The van der Waals surface area contributed by atoms with Crippen LogP contribution in [0.3, 0.4) is 0 Å². The van der Waals surface area contributed by atoms with Gasteiger partial charge in [0.1, 0.15) is 11.5 Å². The summed E-state index contributed by atoms with van der Waals surface area (Å²) in [5, 5.41) is 23.2. The predicted molar refractivity (Wildman–Crippen MR) is 93.0 cm³/mol. The number of benzene rings is 2. The Morgan fingerprint density at radius 1 is 1.12 bits per heavy atom. The summed E-state index contributed by atoms with van der Waals surface area (Å²) in [6.07, 6.45) is 0.446. The topological polar surface area (TPSA) is 78.8 Å². The van der Waals surface area contributed by atoms with Gasteiger partial charge in [0.25, 0.3) is 0 Å². The Kier molecular flexibility index (Phi) is 5.46. The summed E-state index contributed by atoms with van der Waals surface area (Å²) in [5.74, 6) is -0.126. The Bertz CT molecular complexity index is 729. The Balaban J connectivity index is 2.41. The molecular formula is C19H23NO4. The fourth-order valence-corrected chi connectivity index (χ4v) is 2.90. The molecule has 0 aromatic heterocycles. The molecule has 0 unspecified atom stereocenters. The Labute approximate surface area is 141 Å². The van der Waals surface area contributed by atoms with E-state index in [-0.39, 0.29) is 17.5 Å². The molecule has 0 saturated carbocycles. The summed E-state index contributed by atoms with van der Waals surface area (Å²) in [5.41, 5.74) is 1.22. The van der Waals surface area contributed by atoms with Crippen molar-refractivity contribution in [2.75, 3.05) is 20.7 Å². The SMILES string of the molecule is CNC[C@](C)(Cc1ccc(O)c(-c2ccccc2O)c1)C(=O)OC. The third-order valence-corrected chi connectivity index (χ3v) is 4.09. The molecule has 2 rings (SSSR count). The summed E-state index contributed by atoms with van der Waals surface area (Å²) in [6.45, 7) is 2.30. The summed E-state index contributed by atoms with van der Waals surface area (Å²) in [7, 11) is 3.16. The number of nitrogens with one attached hydrogen (secondary N) is 1. The number of carbonyl (C=O) groups excluding carboxylic acids is 1. The standard InChI is InChI=1S/C19H23NO4/c1-19(12-20-2,18(23)24-3)11-13-8-9-17(22)15(10-13)14-6-4-5-7-16(14)21/h4-10,20-22H,11-12H2,1-3H3/t19-/m0/s1. The number of rotatable bonds is 6. The molecule has 128 valence electrons. The molecule has 2 aromatic carbocycles. The maximum atomic E-state index is 12.2. The fourth-order valence-electron chi connectivity index (χ4n) is 2.90. The van der Waals surface area contributed by atoms with Gasteiger partial charge in [-0.3, -0.25) is 4.79 Å².